The first kappa shape index (κ1) is 25.0. The minimum atomic E-state index is 0.344. The van der Waals surface area contributed by atoms with Crippen molar-refractivity contribution in [2.24, 2.45) is 0 Å². The molecule has 2 heteroatoms. The van der Waals surface area contributed by atoms with Crippen molar-refractivity contribution in [1.29, 1.82) is 0 Å². The van der Waals surface area contributed by atoms with E-state index < -0.39 is 0 Å². The highest BCUT2D eigenvalue weighted by molar-refractivity contribution is 5.98. The number of aryl methyl sites for hydroxylation is 2. The van der Waals surface area contributed by atoms with E-state index >= 15 is 0 Å². The number of aromatic nitrogens is 1. The van der Waals surface area contributed by atoms with Crippen LogP contribution in [-0.2, 0) is 6.54 Å². The van der Waals surface area contributed by atoms with Crippen molar-refractivity contribution in [2.75, 3.05) is 0 Å². The predicted molar refractivity (Wildman–Crippen MR) is 123 cm³/mol. The molecule has 0 aliphatic rings. The fourth-order valence-corrected chi connectivity index (χ4v) is 4.36. The monoisotopic (exact) mass is 389 g/mol. The molecule has 0 saturated carbocycles. The summed E-state index contributed by atoms with van der Waals surface area (Å²) in [4.78, 5) is 12.5. The van der Waals surface area contributed by atoms with Gasteiger partial charge in [0.2, 0.25) is 0 Å². The largest absolute Gasteiger partial charge is 0.351 e. The van der Waals surface area contributed by atoms with E-state index in [1.54, 1.807) is 0 Å². The molecule has 1 aromatic rings. The summed E-state index contributed by atoms with van der Waals surface area (Å²) in [5.41, 5.74) is 3.27. The van der Waals surface area contributed by atoms with Crippen LogP contribution in [0.1, 0.15) is 138 Å². The van der Waals surface area contributed by atoms with Crippen LogP contribution >= 0.6 is 0 Å². The van der Waals surface area contributed by atoms with Crippen LogP contribution < -0.4 is 0 Å². The van der Waals surface area contributed by atoms with Crippen LogP contribution in [-0.4, -0.2) is 10.4 Å². The lowest BCUT2D eigenvalue weighted by Crippen LogP contribution is -2.04. The molecule has 1 aromatic heterocycles. The SMILES string of the molecule is CCCCCCCCCCCCCCCCCC(=O)c1c(C)cn(CC)c1C. The molecule has 0 aliphatic carbocycles. The maximum atomic E-state index is 12.5. The average Bonchev–Trinajstić information content (AvgIpc) is 2.98. The number of unbranched alkanes of at least 4 members (excludes halogenated alkanes) is 14. The Hall–Kier alpha value is -1.05. The van der Waals surface area contributed by atoms with Gasteiger partial charge in [-0.25, -0.2) is 0 Å². The molecule has 0 bridgehead atoms. The first-order valence-corrected chi connectivity index (χ1v) is 12.3. The molecule has 162 valence electrons. The number of rotatable bonds is 18. The Labute approximate surface area is 175 Å². The maximum absolute atomic E-state index is 12.5. The third-order valence-corrected chi connectivity index (χ3v) is 6.16. The molecule has 0 fully saturated rings. The van der Waals surface area contributed by atoms with Gasteiger partial charge in [-0.1, -0.05) is 96.8 Å². The predicted octanol–water partition coefficient (Wildman–Crippen LogP) is 8.57. The number of nitrogens with zero attached hydrogens (tertiary/aromatic N) is 1. The lowest BCUT2D eigenvalue weighted by Gasteiger charge is -2.05. The average molecular weight is 390 g/mol. The molecule has 0 radical (unpaired) electrons. The molecule has 0 N–H and O–H groups in total. The van der Waals surface area contributed by atoms with Gasteiger partial charge in [-0.2, -0.15) is 0 Å². The molecule has 0 atom stereocenters. The second-order valence-corrected chi connectivity index (χ2v) is 8.68. The molecular weight excluding hydrogens is 342 g/mol. The van der Waals surface area contributed by atoms with Gasteiger partial charge < -0.3 is 4.57 Å². The van der Waals surface area contributed by atoms with Gasteiger partial charge in [-0.05, 0) is 32.8 Å². The Bertz CT molecular complexity index is 529. The van der Waals surface area contributed by atoms with Gasteiger partial charge in [0.05, 0.1) is 0 Å². The molecule has 1 heterocycles. The maximum Gasteiger partial charge on any atom is 0.164 e. The molecule has 2 nitrogen and oxygen atoms in total. The van der Waals surface area contributed by atoms with Crippen LogP contribution in [0.15, 0.2) is 6.20 Å². The third kappa shape index (κ3) is 9.94. The number of ketones is 1. The summed E-state index contributed by atoms with van der Waals surface area (Å²) < 4.78 is 2.19. The van der Waals surface area contributed by atoms with Crippen molar-refractivity contribution in [3.8, 4) is 0 Å². The molecular formula is C26H47NO. The summed E-state index contributed by atoms with van der Waals surface area (Å²) in [6.45, 7) is 9.51. The van der Waals surface area contributed by atoms with Gasteiger partial charge in [0, 0.05) is 30.4 Å². The van der Waals surface area contributed by atoms with Crippen LogP contribution in [0.3, 0.4) is 0 Å². The topological polar surface area (TPSA) is 22.0 Å². The van der Waals surface area contributed by atoms with Gasteiger partial charge in [-0.3, -0.25) is 4.79 Å². The second kappa shape index (κ2) is 15.8. The normalized spacial score (nSPS) is 11.3. The number of hydrogen-bond acceptors (Lipinski definition) is 1. The summed E-state index contributed by atoms with van der Waals surface area (Å²) in [5, 5.41) is 0. The number of carbonyl (C=O) groups is 1. The number of hydrogen-bond donors (Lipinski definition) is 0. The van der Waals surface area contributed by atoms with E-state index in [2.05, 4.69) is 38.5 Å². The van der Waals surface area contributed by atoms with Crippen LogP contribution in [0.25, 0.3) is 0 Å². The molecule has 1 rings (SSSR count). The standard InChI is InChI=1S/C26H47NO/c1-5-7-8-9-10-11-12-13-14-15-16-17-18-19-20-21-25(28)26-23(3)22-27(6-2)24(26)4/h22H,5-21H2,1-4H3. The molecule has 0 aromatic carbocycles. The van der Waals surface area contributed by atoms with Gasteiger partial charge in [-0.15, -0.1) is 0 Å². The molecule has 0 saturated heterocycles. The minimum absolute atomic E-state index is 0.344. The van der Waals surface area contributed by atoms with E-state index in [1.807, 2.05) is 0 Å². The van der Waals surface area contributed by atoms with Crippen LogP contribution in [0.5, 0.6) is 0 Å². The fraction of sp³-hybridized carbons (Fsp3) is 0.808. The lowest BCUT2D eigenvalue weighted by atomic mass is 10.0. The van der Waals surface area contributed by atoms with Gasteiger partial charge in [0.25, 0.3) is 0 Å². The molecule has 0 unspecified atom stereocenters. The van der Waals surface area contributed by atoms with Gasteiger partial charge in [0.1, 0.15) is 0 Å². The quantitative estimate of drug-likeness (QED) is 0.182. The summed E-state index contributed by atoms with van der Waals surface area (Å²) in [5.74, 6) is 0.344. The Kier molecular flexibility index (Phi) is 14.1. The molecule has 0 aliphatic heterocycles. The molecule has 28 heavy (non-hydrogen) atoms. The van der Waals surface area contributed by atoms with Crippen molar-refractivity contribution in [1.82, 2.24) is 4.57 Å². The number of carbonyl (C=O) groups excluding carboxylic acids is 1. The Balaban J connectivity index is 1.94. The summed E-state index contributed by atoms with van der Waals surface area (Å²) in [6.07, 6.45) is 23.3. The van der Waals surface area contributed by atoms with Crippen LogP contribution in [0.2, 0.25) is 0 Å². The first-order valence-electron chi connectivity index (χ1n) is 12.3. The highest BCUT2D eigenvalue weighted by Crippen LogP contribution is 2.20. The highest BCUT2D eigenvalue weighted by Gasteiger charge is 2.15. The summed E-state index contributed by atoms with van der Waals surface area (Å²) >= 11 is 0. The van der Waals surface area contributed by atoms with Crippen molar-refractivity contribution in [2.45, 2.75) is 137 Å². The Morgan fingerprint density at radius 2 is 1.14 bits per heavy atom. The fourth-order valence-electron chi connectivity index (χ4n) is 4.36. The second-order valence-electron chi connectivity index (χ2n) is 8.68. The third-order valence-electron chi connectivity index (χ3n) is 6.16. The van der Waals surface area contributed by atoms with E-state index in [0.29, 0.717) is 12.2 Å². The van der Waals surface area contributed by atoms with E-state index in [1.165, 1.54) is 89.9 Å². The summed E-state index contributed by atoms with van der Waals surface area (Å²) in [7, 11) is 0. The zero-order valence-corrected chi connectivity index (χ0v) is 19.5. The van der Waals surface area contributed by atoms with E-state index in [9.17, 15) is 4.79 Å². The lowest BCUT2D eigenvalue weighted by molar-refractivity contribution is 0.0978. The molecule has 0 spiro atoms. The van der Waals surface area contributed by atoms with Crippen molar-refractivity contribution >= 4 is 5.78 Å². The number of Topliss-reactive ketones (excluding diaryl/α,β-unsaturated/α-hetero) is 1. The molecule has 0 amide bonds. The van der Waals surface area contributed by atoms with E-state index in [-0.39, 0.29) is 0 Å². The van der Waals surface area contributed by atoms with Crippen LogP contribution in [0, 0.1) is 13.8 Å². The van der Waals surface area contributed by atoms with E-state index in [0.717, 1.165) is 29.8 Å². The summed E-state index contributed by atoms with van der Waals surface area (Å²) in [6, 6.07) is 0. The van der Waals surface area contributed by atoms with Crippen molar-refractivity contribution in [3.63, 3.8) is 0 Å². The first-order chi connectivity index (χ1) is 13.6. The van der Waals surface area contributed by atoms with Gasteiger partial charge >= 0.3 is 0 Å². The zero-order chi connectivity index (χ0) is 20.6. The smallest absolute Gasteiger partial charge is 0.164 e. The Morgan fingerprint density at radius 1 is 0.714 bits per heavy atom. The van der Waals surface area contributed by atoms with Crippen LogP contribution in [0.4, 0.5) is 0 Å². The zero-order valence-electron chi connectivity index (χ0n) is 19.5. The van der Waals surface area contributed by atoms with Crippen molar-refractivity contribution in [3.05, 3.63) is 23.0 Å². The highest BCUT2D eigenvalue weighted by atomic mass is 16.1. The van der Waals surface area contributed by atoms with Crippen molar-refractivity contribution < 1.29 is 4.79 Å². The van der Waals surface area contributed by atoms with Gasteiger partial charge in [0.15, 0.2) is 5.78 Å². The van der Waals surface area contributed by atoms with E-state index in [4.69, 9.17) is 0 Å². The Morgan fingerprint density at radius 3 is 1.54 bits per heavy atom. The minimum Gasteiger partial charge on any atom is -0.351 e.